The lowest BCUT2D eigenvalue weighted by molar-refractivity contribution is 0.0950. The van der Waals surface area contributed by atoms with Crippen LogP contribution in [0.1, 0.15) is 15.9 Å². The molecule has 2 aromatic heterocycles. The van der Waals surface area contributed by atoms with E-state index in [1.165, 1.54) is 29.2 Å². The van der Waals surface area contributed by atoms with E-state index in [9.17, 15) is 13.6 Å². The summed E-state index contributed by atoms with van der Waals surface area (Å²) in [7, 11) is 0. The Morgan fingerprint density at radius 3 is 2.69 bits per heavy atom. The monoisotopic (exact) mass is 353 g/mol. The van der Waals surface area contributed by atoms with Crippen LogP contribution in [0.4, 0.5) is 8.78 Å². The zero-order chi connectivity index (χ0) is 18.1. The zero-order valence-corrected chi connectivity index (χ0v) is 13.4. The topological polar surface area (TPSA) is 75.6 Å². The van der Waals surface area contributed by atoms with Crippen molar-refractivity contribution in [2.75, 3.05) is 0 Å². The number of nitrogens with zero attached hydrogens (tertiary/aromatic N) is 3. The fourth-order valence-electron chi connectivity index (χ4n) is 2.60. The zero-order valence-electron chi connectivity index (χ0n) is 13.4. The highest BCUT2D eigenvalue weighted by Gasteiger charge is 2.12. The predicted molar refractivity (Wildman–Crippen MR) is 90.7 cm³/mol. The number of fused-ring (bicyclic) bond motifs is 1. The highest BCUT2D eigenvalue weighted by atomic mass is 19.1. The summed E-state index contributed by atoms with van der Waals surface area (Å²) in [6.07, 6.45) is 2.92. The van der Waals surface area contributed by atoms with Crippen molar-refractivity contribution >= 4 is 16.9 Å². The third-order valence-corrected chi connectivity index (χ3v) is 3.81. The second-order valence-electron chi connectivity index (χ2n) is 5.71. The van der Waals surface area contributed by atoms with Crippen LogP contribution in [-0.4, -0.2) is 25.7 Å². The summed E-state index contributed by atoms with van der Waals surface area (Å²) < 4.78 is 27.8. The highest BCUT2D eigenvalue weighted by Crippen LogP contribution is 2.13. The molecule has 130 valence electrons. The number of imidazole rings is 1. The van der Waals surface area contributed by atoms with Crippen LogP contribution >= 0.6 is 0 Å². The van der Waals surface area contributed by atoms with Gasteiger partial charge in [-0.2, -0.15) is 5.10 Å². The number of halogens is 2. The third kappa shape index (κ3) is 3.16. The molecule has 4 aromatic rings. The average molecular weight is 353 g/mol. The fourth-order valence-corrected chi connectivity index (χ4v) is 2.60. The van der Waals surface area contributed by atoms with Crippen LogP contribution in [0.25, 0.3) is 17.0 Å². The molecule has 0 fully saturated rings. The smallest absolute Gasteiger partial charge is 0.254 e. The molecule has 0 saturated heterocycles. The van der Waals surface area contributed by atoms with Crippen LogP contribution in [0, 0.1) is 11.6 Å². The molecular weight excluding hydrogens is 340 g/mol. The Morgan fingerprint density at radius 1 is 1.15 bits per heavy atom. The Bertz CT molecular complexity index is 1050. The molecule has 0 saturated carbocycles. The maximum absolute atomic E-state index is 13.2. The highest BCUT2D eigenvalue weighted by molar-refractivity contribution is 5.93. The number of hydrogen-bond donors (Lipinski definition) is 2. The molecule has 0 bridgehead atoms. The molecule has 0 aliphatic heterocycles. The molecule has 8 heteroatoms. The number of aromatic amines is 1. The first kappa shape index (κ1) is 15.9. The maximum Gasteiger partial charge on any atom is 0.254 e. The number of rotatable bonds is 4. The number of benzene rings is 2. The second kappa shape index (κ2) is 6.40. The molecule has 0 radical (unpaired) electrons. The van der Waals surface area contributed by atoms with Gasteiger partial charge in [0.25, 0.3) is 5.91 Å². The van der Waals surface area contributed by atoms with Crippen molar-refractivity contribution in [3.8, 4) is 5.95 Å². The largest absolute Gasteiger partial charge is 0.348 e. The molecule has 0 aliphatic carbocycles. The van der Waals surface area contributed by atoms with Crippen molar-refractivity contribution < 1.29 is 13.6 Å². The normalized spacial score (nSPS) is 11.0. The molecule has 1 amide bonds. The number of carbonyl (C=O) groups is 1. The Balaban J connectivity index is 1.49. The fraction of sp³-hybridized carbons (Fsp3) is 0.0556. The lowest BCUT2D eigenvalue weighted by Crippen LogP contribution is -2.22. The van der Waals surface area contributed by atoms with E-state index in [4.69, 9.17) is 0 Å². The van der Waals surface area contributed by atoms with Gasteiger partial charge < -0.3 is 10.3 Å². The minimum Gasteiger partial charge on any atom is -0.348 e. The number of carbonyl (C=O) groups excluding carboxylic acids is 1. The van der Waals surface area contributed by atoms with Gasteiger partial charge in [0.2, 0.25) is 5.95 Å². The predicted octanol–water partition coefficient (Wildman–Crippen LogP) is 2.96. The SMILES string of the molecule is O=C(NCc1cc(F)cc(F)c1)c1cnn(-c2nc3ccccc3[nH]2)c1. The van der Waals surface area contributed by atoms with E-state index in [0.717, 1.165) is 17.1 Å². The van der Waals surface area contributed by atoms with Gasteiger partial charge in [-0.3, -0.25) is 4.79 Å². The number of nitrogens with one attached hydrogen (secondary N) is 2. The van der Waals surface area contributed by atoms with E-state index < -0.39 is 17.5 Å². The lowest BCUT2D eigenvalue weighted by Gasteiger charge is -2.04. The van der Waals surface area contributed by atoms with E-state index in [1.54, 1.807) is 0 Å². The Morgan fingerprint density at radius 2 is 1.92 bits per heavy atom. The van der Waals surface area contributed by atoms with Crippen molar-refractivity contribution in [2.24, 2.45) is 0 Å². The Labute approximate surface area is 146 Å². The summed E-state index contributed by atoms with van der Waals surface area (Å²) in [5.41, 5.74) is 2.29. The summed E-state index contributed by atoms with van der Waals surface area (Å²) in [6, 6.07) is 10.6. The number of hydrogen-bond acceptors (Lipinski definition) is 3. The molecule has 2 heterocycles. The van der Waals surface area contributed by atoms with Gasteiger partial charge in [-0.1, -0.05) is 12.1 Å². The van der Waals surface area contributed by atoms with Crippen LogP contribution in [0.3, 0.4) is 0 Å². The van der Waals surface area contributed by atoms with Gasteiger partial charge >= 0.3 is 0 Å². The van der Waals surface area contributed by atoms with Gasteiger partial charge in [-0.15, -0.1) is 0 Å². The summed E-state index contributed by atoms with van der Waals surface area (Å²) in [6.45, 7) is 0.00330. The molecule has 26 heavy (non-hydrogen) atoms. The lowest BCUT2D eigenvalue weighted by atomic mass is 10.2. The summed E-state index contributed by atoms with van der Waals surface area (Å²) in [5.74, 6) is -1.30. The maximum atomic E-state index is 13.2. The number of H-pyrrole nitrogens is 1. The molecule has 6 nitrogen and oxygen atoms in total. The van der Waals surface area contributed by atoms with E-state index in [0.29, 0.717) is 17.1 Å². The van der Waals surface area contributed by atoms with Crippen LogP contribution in [-0.2, 0) is 6.54 Å². The number of aromatic nitrogens is 4. The van der Waals surface area contributed by atoms with Crippen molar-refractivity contribution in [1.82, 2.24) is 25.1 Å². The van der Waals surface area contributed by atoms with Crippen LogP contribution in [0.5, 0.6) is 0 Å². The standard InChI is InChI=1S/C18H13F2N5O/c19-13-5-11(6-14(20)7-13)8-21-17(26)12-9-22-25(10-12)18-23-15-3-1-2-4-16(15)24-18/h1-7,9-10H,8H2,(H,21,26)(H,23,24). The molecule has 0 unspecified atom stereocenters. The van der Waals surface area contributed by atoms with Crippen molar-refractivity contribution in [2.45, 2.75) is 6.54 Å². The van der Waals surface area contributed by atoms with Crippen molar-refractivity contribution in [1.29, 1.82) is 0 Å². The van der Waals surface area contributed by atoms with E-state index in [2.05, 4.69) is 20.4 Å². The number of para-hydroxylation sites is 2. The first-order valence-corrected chi connectivity index (χ1v) is 7.81. The van der Waals surface area contributed by atoms with E-state index in [1.807, 2.05) is 24.3 Å². The first-order chi connectivity index (χ1) is 12.6. The van der Waals surface area contributed by atoms with Crippen LogP contribution in [0.15, 0.2) is 54.9 Å². The molecule has 4 rings (SSSR count). The minimum atomic E-state index is -0.688. The van der Waals surface area contributed by atoms with Crippen molar-refractivity contribution in [3.05, 3.63) is 77.6 Å². The Hall–Kier alpha value is -3.55. The van der Waals surface area contributed by atoms with Gasteiger partial charge in [-0.05, 0) is 29.8 Å². The quantitative estimate of drug-likeness (QED) is 0.592. The van der Waals surface area contributed by atoms with Crippen molar-refractivity contribution in [3.63, 3.8) is 0 Å². The van der Waals surface area contributed by atoms with Gasteiger partial charge in [0.1, 0.15) is 11.6 Å². The van der Waals surface area contributed by atoms with Gasteiger partial charge in [0.15, 0.2) is 0 Å². The molecular formula is C18H13F2N5O. The van der Waals surface area contributed by atoms with Gasteiger partial charge in [-0.25, -0.2) is 18.4 Å². The van der Waals surface area contributed by atoms with Gasteiger partial charge in [0, 0.05) is 18.8 Å². The Kier molecular flexibility index (Phi) is 3.92. The summed E-state index contributed by atoms with van der Waals surface area (Å²) in [4.78, 5) is 19.7. The molecule has 0 aliphatic rings. The van der Waals surface area contributed by atoms with E-state index in [-0.39, 0.29) is 6.54 Å². The average Bonchev–Trinajstić information content (AvgIpc) is 3.25. The third-order valence-electron chi connectivity index (χ3n) is 3.81. The molecule has 2 N–H and O–H groups in total. The first-order valence-electron chi connectivity index (χ1n) is 7.81. The van der Waals surface area contributed by atoms with Crippen LogP contribution < -0.4 is 5.32 Å². The number of amides is 1. The molecule has 0 spiro atoms. The van der Waals surface area contributed by atoms with Crippen LogP contribution in [0.2, 0.25) is 0 Å². The second-order valence-corrected chi connectivity index (χ2v) is 5.71. The van der Waals surface area contributed by atoms with E-state index >= 15 is 0 Å². The minimum absolute atomic E-state index is 0.00330. The molecule has 2 aromatic carbocycles. The molecule has 0 atom stereocenters. The summed E-state index contributed by atoms with van der Waals surface area (Å²) in [5, 5.41) is 6.73. The van der Waals surface area contributed by atoms with Gasteiger partial charge in [0.05, 0.1) is 22.8 Å². The summed E-state index contributed by atoms with van der Waals surface area (Å²) >= 11 is 0.